The number of nitrogens with zero attached hydrogens (tertiary/aromatic N) is 1. The van der Waals surface area contributed by atoms with Crippen molar-refractivity contribution in [2.24, 2.45) is 5.73 Å². The minimum Gasteiger partial charge on any atom is -0.446 e. The van der Waals surface area contributed by atoms with Crippen LogP contribution in [0, 0.1) is 0 Å². The van der Waals surface area contributed by atoms with Crippen molar-refractivity contribution < 1.29 is 14.0 Å². The standard InChI is InChI=1S/C12H18N2O3/c1-3-7-14(8-4-2)12(16)10-6-5-9(17-10)11(13)15/h5-6H,3-4,7-8H2,1-2H3,(H2,13,15). The number of rotatable bonds is 6. The number of hydrogen-bond acceptors (Lipinski definition) is 3. The average Bonchev–Trinajstić information content (AvgIpc) is 2.77. The van der Waals surface area contributed by atoms with Crippen molar-refractivity contribution in [1.29, 1.82) is 0 Å². The minimum absolute atomic E-state index is 0.0151. The lowest BCUT2D eigenvalue weighted by molar-refractivity contribution is 0.0720. The van der Waals surface area contributed by atoms with Crippen LogP contribution in [-0.4, -0.2) is 29.8 Å². The molecule has 0 aromatic carbocycles. The van der Waals surface area contributed by atoms with Crippen LogP contribution in [-0.2, 0) is 0 Å². The molecule has 0 radical (unpaired) electrons. The van der Waals surface area contributed by atoms with Gasteiger partial charge < -0.3 is 15.1 Å². The normalized spacial score (nSPS) is 10.2. The first-order valence-corrected chi connectivity index (χ1v) is 5.79. The summed E-state index contributed by atoms with van der Waals surface area (Å²) in [5, 5.41) is 0. The van der Waals surface area contributed by atoms with E-state index < -0.39 is 5.91 Å². The molecule has 1 heterocycles. The van der Waals surface area contributed by atoms with E-state index in [0.717, 1.165) is 12.8 Å². The highest BCUT2D eigenvalue weighted by Gasteiger charge is 2.19. The van der Waals surface area contributed by atoms with Gasteiger partial charge in [0.15, 0.2) is 11.5 Å². The van der Waals surface area contributed by atoms with Gasteiger partial charge in [0.2, 0.25) is 0 Å². The molecule has 0 aliphatic carbocycles. The predicted molar refractivity (Wildman–Crippen MR) is 63.7 cm³/mol. The van der Waals surface area contributed by atoms with Gasteiger partial charge in [-0.1, -0.05) is 13.8 Å². The van der Waals surface area contributed by atoms with E-state index >= 15 is 0 Å². The first kappa shape index (κ1) is 13.3. The average molecular weight is 238 g/mol. The highest BCUT2D eigenvalue weighted by atomic mass is 16.4. The molecule has 0 aliphatic heterocycles. The van der Waals surface area contributed by atoms with Gasteiger partial charge in [0, 0.05) is 13.1 Å². The Labute approximate surface area is 101 Å². The van der Waals surface area contributed by atoms with Crippen LogP contribution in [0.15, 0.2) is 16.5 Å². The Hall–Kier alpha value is -1.78. The zero-order valence-electron chi connectivity index (χ0n) is 10.2. The maximum absolute atomic E-state index is 12.0. The smallest absolute Gasteiger partial charge is 0.289 e. The molecule has 2 amide bonds. The van der Waals surface area contributed by atoms with Crippen LogP contribution in [0.25, 0.3) is 0 Å². The molecule has 5 heteroatoms. The van der Waals surface area contributed by atoms with Crippen molar-refractivity contribution in [3.8, 4) is 0 Å². The van der Waals surface area contributed by atoms with E-state index in [1.54, 1.807) is 4.90 Å². The molecule has 5 nitrogen and oxygen atoms in total. The molecule has 0 aliphatic rings. The highest BCUT2D eigenvalue weighted by molar-refractivity contribution is 5.95. The third-order valence-corrected chi connectivity index (χ3v) is 2.33. The second-order valence-corrected chi connectivity index (χ2v) is 3.82. The summed E-state index contributed by atoms with van der Waals surface area (Å²) >= 11 is 0. The lowest BCUT2D eigenvalue weighted by Gasteiger charge is -2.19. The summed E-state index contributed by atoms with van der Waals surface area (Å²) in [6.45, 7) is 5.37. The molecule has 0 atom stereocenters. The van der Waals surface area contributed by atoms with Crippen LogP contribution in [0.5, 0.6) is 0 Å². The van der Waals surface area contributed by atoms with Crippen LogP contribution in [0.3, 0.4) is 0 Å². The molecule has 2 N–H and O–H groups in total. The van der Waals surface area contributed by atoms with E-state index in [2.05, 4.69) is 0 Å². The predicted octanol–water partition coefficient (Wildman–Crippen LogP) is 1.64. The van der Waals surface area contributed by atoms with E-state index in [1.807, 2.05) is 13.8 Å². The van der Waals surface area contributed by atoms with Crippen molar-refractivity contribution in [2.45, 2.75) is 26.7 Å². The fourth-order valence-electron chi connectivity index (χ4n) is 1.60. The zero-order chi connectivity index (χ0) is 12.8. The molecule has 17 heavy (non-hydrogen) atoms. The van der Waals surface area contributed by atoms with Crippen LogP contribution >= 0.6 is 0 Å². The molecule has 1 rings (SSSR count). The number of nitrogens with two attached hydrogens (primary N) is 1. The Morgan fingerprint density at radius 3 is 2.12 bits per heavy atom. The summed E-state index contributed by atoms with van der Waals surface area (Å²) < 4.78 is 5.11. The second-order valence-electron chi connectivity index (χ2n) is 3.82. The van der Waals surface area contributed by atoms with Crippen molar-refractivity contribution in [3.63, 3.8) is 0 Å². The van der Waals surface area contributed by atoms with Crippen LogP contribution in [0.4, 0.5) is 0 Å². The molecular formula is C12H18N2O3. The van der Waals surface area contributed by atoms with E-state index in [1.165, 1.54) is 12.1 Å². The fourth-order valence-corrected chi connectivity index (χ4v) is 1.60. The van der Waals surface area contributed by atoms with E-state index in [4.69, 9.17) is 10.2 Å². The van der Waals surface area contributed by atoms with Gasteiger partial charge >= 0.3 is 0 Å². The molecule has 1 aromatic rings. The lowest BCUT2D eigenvalue weighted by atomic mass is 10.3. The van der Waals surface area contributed by atoms with Crippen LogP contribution < -0.4 is 5.73 Å². The summed E-state index contributed by atoms with van der Waals surface area (Å²) in [6.07, 6.45) is 1.77. The fraction of sp³-hybridized carbons (Fsp3) is 0.500. The number of carbonyl (C=O) groups excluding carboxylic acids is 2. The summed E-state index contributed by atoms with van der Waals surface area (Å²) in [5.41, 5.74) is 5.06. The highest BCUT2D eigenvalue weighted by Crippen LogP contribution is 2.11. The third kappa shape index (κ3) is 3.34. The van der Waals surface area contributed by atoms with E-state index in [-0.39, 0.29) is 17.4 Å². The zero-order valence-corrected chi connectivity index (χ0v) is 10.2. The summed E-state index contributed by atoms with van der Waals surface area (Å²) in [6, 6.07) is 2.91. The van der Waals surface area contributed by atoms with Gasteiger partial charge in [0.1, 0.15) is 0 Å². The number of hydrogen-bond donors (Lipinski definition) is 1. The monoisotopic (exact) mass is 238 g/mol. The second kappa shape index (κ2) is 6.08. The molecule has 0 unspecified atom stereocenters. The largest absolute Gasteiger partial charge is 0.446 e. The van der Waals surface area contributed by atoms with Crippen LogP contribution in [0.1, 0.15) is 47.8 Å². The number of primary amides is 1. The molecular weight excluding hydrogens is 220 g/mol. The number of furan rings is 1. The maximum Gasteiger partial charge on any atom is 0.289 e. The number of carbonyl (C=O) groups is 2. The molecule has 0 saturated carbocycles. The van der Waals surface area contributed by atoms with E-state index in [9.17, 15) is 9.59 Å². The van der Waals surface area contributed by atoms with Gasteiger partial charge in [-0.2, -0.15) is 0 Å². The van der Waals surface area contributed by atoms with Gasteiger partial charge in [-0.25, -0.2) is 0 Å². The van der Waals surface area contributed by atoms with Gasteiger partial charge in [0.05, 0.1) is 0 Å². The van der Waals surface area contributed by atoms with Gasteiger partial charge in [-0.3, -0.25) is 9.59 Å². The van der Waals surface area contributed by atoms with Gasteiger partial charge in [-0.15, -0.1) is 0 Å². The molecule has 0 saturated heterocycles. The summed E-state index contributed by atoms with van der Waals surface area (Å²) in [4.78, 5) is 24.6. The Morgan fingerprint density at radius 2 is 1.71 bits per heavy atom. The van der Waals surface area contributed by atoms with Crippen LogP contribution in [0.2, 0.25) is 0 Å². The Bertz CT molecular complexity index is 392. The Kier molecular flexibility index (Phi) is 4.75. The topological polar surface area (TPSA) is 76.5 Å². The Balaban J connectivity index is 2.81. The van der Waals surface area contributed by atoms with Crippen molar-refractivity contribution in [3.05, 3.63) is 23.7 Å². The molecule has 0 fully saturated rings. The van der Waals surface area contributed by atoms with Crippen molar-refractivity contribution in [2.75, 3.05) is 13.1 Å². The minimum atomic E-state index is -0.665. The third-order valence-electron chi connectivity index (χ3n) is 2.33. The SMILES string of the molecule is CCCN(CCC)C(=O)c1ccc(C(N)=O)o1. The molecule has 1 aromatic heterocycles. The summed E-state index contributed by atoms with van der Waals surface area (Å²) in [7, 11) is 0. The first-order valence-electron chi connectivity index (χ1n) is 5.79. The van der Waals surface area contributed by atoms with Gasteiger partial charge in [-0.05, 0) is 25.0 Å². The van der Waals surface area contributed by atoms with Crippen molar-refractivity contribution >= 4 is 11.8 Å². The lowest BCUT2D eigenvalue weighted by Crippen LogP contribution is -2.32. The molecule has 0 spiro atoms. The van der Waals surface area contributed by atoms with Gasteiger partial charge in [0.25, 0.3) is 11.8 Å². The number of amides is 2. The maximum atomic E-state index is 12.0. The van der Waals surface area contributed by atoms with Crippen molar-refractivity contribution in [1.82, 2.24) is 4.90 Å². The first-order chi connectivity index (χ1) is 8.10. The molecule has 0 bridgehead atoms. The quantitative estimate of drug-likeness (QED) is 0.818. The summed E-state index contributed by atoms with van der Waals surface area (Å²) in [5.74, 6) is -0.676. The Morgan fingerprint density at radius 1 is 1.18 bits per heavy atom. The molecule has 94 valence electrons. The van der Waals surface area contributed by atoms with E-state index in [0.29, 0.717) is 13.1 Å².